The van der Waals surface area contributed by atoms with Gasteiger partial charge in [-0.25, -0.2) is 0 Å². The van der Waals surface area contributed by atoms with Gasteiger partial charge in [-0.15, -0.1) is 0 Å². The van der Waals surface area contributed by atoms with Crippen LogP contribution in [-0.4, -0.2) is 18.4 Å². The van der Waals surface area contributed by atoms with Crippen molar-refractivity contribution in [2.24, 2.45) is 5.10 Å². The van der Waals surface area contributed by atoms with Crippen molar-refractivity contribution >= 4 is 40.0 Å². The predicted octanol–water partition coefficient (Wildman–Crippen LogP) is 4.48. The van der Waals surface area contributed by atoms with Crippen LogP contribution in [0.4, 0.5) is 5.69 Å². The molecule has 126 valence electrons. The van der Waals surface area contributed by atoms with E-state index < -0.39 is 0 Å². The highest BCUT2D eigenvalue weighted by Gasteiger charge is 2.06. The summed E-state index contributed by atoms with van der Waals surface area (Å²) in [7, 11) is 1.65. The normalized spacial score (nSPS) is 10.8. The quantitative estimate of drug-likeness (QED) is 0.414. The second-order valence-corrected chi connectivity index (χ2v) is 6.00. The molecule has 0 aromatic heterocycles. The number of anilines is 1. The number of methoxy groups -OCH3 is 1. The van der Waals surface area contributed by atoms with E-state index >= 15 is 0 Å². The summed E-state index contributed by atoms with van der Waals surface area (Å²) in [5.74, 6) is 0.766. The number of fused-ring (bicyclic) bond motifs is 1. The molecular formula is C20H19N3OS. The lowest BCUT2D eigenvalue weighted by molar-refractivity contribution is 0.415. The molecule has 0 amide bonds. The van der Waals surface area contributed by atoms with Gasteiger partial charge in [0.1, 0.15) is 5.75 Å². The Morgan fingerprint density at radius 3 is 2.72 bits per heavy atom. The number of ether oxygens (including phenoxy) is 1. The molecule has 3 aromatic carbocycles. The average Bonchev–Trinajstić information content (AvgIpc) is 2.61. The van der Waals surface area contributed by atoms with Crippen molar-refractivity contribution in [3.63, 3.8) is 0 Å². The molecule has 0 saturated carbocycles. The fraction of sp³-hybridized carbons (Fsp3) is 0.100. The van der Waals surface area contributed by atoms with Crippen LogP contribution in [0, 0.1) is 6.92 Å². The first-order chi connectivity index (χ1) is 12.2. The van der Waals surface area contributed by atoms with Crippen molar-refractivity contribution in [3.05, 3.63) is 71.8 Å². The summed E-state index contributed by atoms with van der Waals surface area (Å²) in [6.45, 7) is 2.03. The minimum atomic E-state index is 0.432. The van der Waals surface area contributed by atoms with E-state index in [2.05, 4.69) is 21.9 Å². The maximum absolute atomic E-state index is 5.45. The Morgan fingerprint density at radius 1 is 1.08 bits per heavy atom. The van der Waals surface area contributed by atoms with E-state index in [1.807, 2.05) is 61.5 Å². The number of hydrogen-bond acceptors (Lipinski definition) is 3. The lowest BCUT2D eigenvalue weighted by Crippen LogP contribution is -2.23. The summed E-state index contributed by atoms with van der Waals surface area (Å²) < 4.78 is 5.45. The Kier molecular flexibility index (Phi) is 5.26. The fourth-order valence-corrected chi connectivity index (χ4v) is 2.79. The average molecular weight is 349 g/mol. The van der Waals surface area contributed by atoms with Gasteiger partial charge in [-0.1, -0.05) is 42.5 Å². The molecule has 0 atom stereocenters. The maximum Gasteiger partial charge on any atom is 0.191 e. The van der Waals surface area contributed by atoms with Crippen molar-refractivity contribution in [2.75, 3.05) is 12.4 Å². The van der Waals surface area contributed by atoms with E-state index in [0.29, 0.717) is 5.11 Å². The van der Waals surface area contributed by atoms with Gasteiger partial charge in [0.2, 0.25) is 0 Å². The number of benzene rings is 3. The van der Waals surface area contributed by atoms with Gasteiger partial charge in [-0.3, -0.25) is 5.43 Å². The number of nitrogens with one attached hydrogen (secondary N) is 2. The minimum absolute atomic E-state index is 0.432. The molecule has 0 spiro atoms. The molecule has 0 unspecified atom stereocenters. The molecule has 0 aliphatic carbocycles. The van der Waals surface area contributed by atoms with Crippen LogP contribution >= 0.6 is 12.2 Å². The van der Waals surface area contributed by atoms with Crippen molar-refractivity contribution in [1.29, 1.82) is 0 Å². The lowest BCUT2D eigenvalue weighted by Gasteiger charge is -2.09. The zero-order chi connectivity index (χ0) is 17.6. The molecule has 0 aliphatic heterocycles. The van der Waals surface area contributed by atoms with Gasteiger partial charge in [-0.05, 0) is 53.7 Å². The smallest absolute Gasteiger partial charge is 0.191 e. The number of hydrogen-bond donors (Lipinski definition) is 2. The van der Waals surface area contributed by atoms with Gasteiger partial charge in [0.25, 0.3) is 0 Å². The van der Waals surface area contributed by atoms with Crippen LogP contribution in [-0.2, 0) is 0 Å². The Morgan fingerprint density at radius 2 is 1.92 bits per heavy atom. The van der Waals surface area contributed by atoms with Crippen LogP contribution in [0.15, 0.2) is 65.8 Å². The summed E-state index contributed by atoms with van der Waals surface area (Å²) >= 11 is 5.28. The Bertz CT molecular complexity index is 937. The minimum Gasteiger partial charge on any atom is -0.496 e. The molecule has 0 saturated heterocycles. The highest BCUT2D eigenvalue weighted by Crippen LogP contribution is 2.26. The molecule has 0 heterocycles. The molecule has 2 N–H and O–H groups in total. The highest BCUT2D eigenvalue weighted by atomic mass is 32.1. The van der Waals surface area contributed by atoms with Gasteiger partial charge in [0, 0.05) is 11.3 Å². The zero-order valence-electron chi connectivity index (χ0n) is 14.1. The van der Waals surface area contributed by atoms with Gasteiger partial charge in [-0.2, -0.15) is 5.10 Å². The number of rotatable bonds is 4. The molecular weight excluding hydrogens is 330 g/mol. The summed E-state index contributed by atoms with van der Waals surface area (Å²) in [5, 5.41) is 10.0. The molecule has 0 radical (unpaired) electrons. The number of thiocarbonyl (C=S) groups is 1. The van der Waals surface area contributed by atoms with Gasteiger partial charge in [0.15, 0.2) is 5.11 Å². The van der Waals surface area contributed by atoms with E-state index in [4.69, 9.17) is 17.0 Å². The largest absolute Gasteiger partial charge is 0.496 e. The maximum atomic E-state index is 5.45. The van der Waals surface area contributed by atoms with Crippen LogP contribution in [0.3, 0.4) is 0 Å². The third kappa shape index (κ3) is 4.14. The molecule has 5 heteroatoms. The van der Waals surface area contributed by atoms with Crippen LogP contribution in [0.2, 0.25) is 0 Å². The van der Waals surface area contributed by atoms with Crippen LogP contribution in [0.1, 0.15) is 11.1 Å². The first-order valence-corrected chi connectivity index (χ1v) is 8.30. The molecule has 3 rings (SSSR count). The predicted molar refractivity (Wildman–Crippen MR) is 109 cm³/mol. The molecule has 4 nitrogen and oxygen atoms in total. The molecule has 0 aliphatic rings. The fourth-order valence-electron chi connectivity index (χ4n) is 2.62. The van der Waals surface area contributed by atoms with E-state index in [1.165, 1.54) is 0 Å². The van der Waals surface area contributed by atoms with Gasteiger partial charge < -0.3 is 10.1 Å². The third-order valence-corrected chi connectivity index (χ3v) is 3.98. The Balaban J connectivity index is 1.76. The second-order valence-electron chi connectivity index (χ2n) is 5.60. The van der Waals surface area contributed by atoms with Crippen LogP contribution in [0.25, 0.3) is 10.8 Å². The molecule has 3 aromatic rings. The first kappa shape index (κ1) is 16.9. The van der Waals surface area contributed by atoms with Gasteiger partial charge >= 0.3 is 0 Å². The number of nitrogens with zero attached hydrogens (tertiary/aromatic N) is 1. The molecule has 25 heavy (non-hydrogen) atoms. The van der Waals surface area contributed by atoms with Crippen molar-refractivity contribution in [2.45, 2.75) is 6.92 Å². The third-order valence-electron chi connectivity index (χ3n) is 3.79. The Hall–Kier alpha value is -2.92. The van der Waals surface area contributed by atoms with E-state index in [0.717, 1.165) is 33.3 Å². The zero-order valence-corrected chi connectivity index (χ0v) is 14.9. The van der Waals surface area contributed by atoms with E-state index in [1.54, 1.807) is 13.3 Å². The summed E-state index contributed by atoms with van der Waals surface area (Å²) in [6.07, 6.45) is 1.73. The summed E-state index contributed by atoms with van der Waals surface area (Å²) in [5.41, 5.74) is 5.85. The SMILES string of the molecule is COc1ccc2ccccc2c1C=NNC(=S)Nc1cccc(C)c1. The summed E-state index contributed by atoms with van der Waals surface area (Å²) in [6, 6.07) is 20.1. The van der Waals surface area contributed by atoms with Crippen molar-refractivity contribution in [1.82, 2.24) is 5.43 Å². The lowest BCUT2D eigenvalue weighted by atomic mass is 10.0. The van der Waals surface area contributed by atoms with Crippen LogP contribution < -0.4 is 15.5 Å². The monoisotopic (exact) mass is 349 g/mol. The highest BCUT2D eigenvalue weighted by molar-refractivity contribution is 7.80. The second kappa shape index (κ2) is 7.77. The van der Waals surface area contributed by atoms with Crippen LogP contribution in [0.5, 0.6) is 5.75 Å². The molecule has 0 fully saturated rings. The first-order valence-electron chi connectivity index (χ1n) is 7.90. The number of aryl methyl sites for hydroxylation is 1. The molecule has 0 bridgehead atoms. The van der Waals surface area contributed by atoms with Crippen molar-refractivity contribution < 1.29 is 4.74 Å². The van der Waals surface area contributed by atoms with Crippen molar-refractivity contribution in [3.8, 4) is 5.75 Å². The Labute approximate surface area is 152 Å². The van der Waals surface area contributed by atoms with E-state index in [9.17, 15) is 0 Å². The topological polar surface area (TPSA) is 45.6 Å². The number of hydrazone groups is 1. The van der Waals surface area contributed by atoms with E-state index in [-0.39, 0.29) is 0 Å². The van der Waals surface area contributed by atoms with Gasteiger partial charge in [0.05, 0.1) is 13.3 Å². The standard InChI is InChI=1S/C20H19N3OS/c1-14-6-5-8-16(12-14)22-20(25)23-21-13-18-17-9-4-3-7-15(17)10-11-19(18)24-2/h3-13H,1-2H3,(H2,22,23,25). The summed E-state index contributed by atoms with van der Waals surface area (Å²) in [4.78, 5) is 0.